The zero-order valence-electron chi connectivity index (χ0n) is 49.6. The first-order chi connectivity index (χ1) is 36.8. The van der Waals surface area contributed by atoms with Crippen LogP contribution in [0, 0.1) is 0 Å². The van der Waals surface area contributed by atoms with Gasteiger partial charge in [-0.1, -0.05) is 321 Å². The highest BCUT2D eigenvalue weighted by molar-refractivity contribution is 5.76. The van der Waals surface area contributed by atoms with Crippen molar-refractivity contribution in [1.29, 1.82) is 0 Å². The highest BCUT2D eigenvalue weighted by Crippen LogP contribution is 2.23. The SMILES string of the molecule is CCCCCCCCCCC/C=C/CC/C=C/C(O)C(COC1OC(CO)C(O)C(O)C1O)NC(=O)CCCCCCCCCCCCCCCCCCCCCCCCCCCCCCCCCCCCCCC. The maximum Gasteiger partial charge on any atom is 0.220 e. The summed E-state index contributed by atoms with van der Waals surface area (Å²) >= 11 is 0. The molecule has 75 heavy (non-hydrogen) atoms. The third-order valence-electron chi connectivity index (χ3n) is 16.0. The Kier molecular flexibility index (Phi) is 53.5. The van der Waals surface area contributed by atoms with E-state index in [1.54, 1.807) is 6.08 Å². The summed E-state index contributed by atoms with van der Waals surface area (Å²) in [4.78, 5) is 13.1. The van der Waals surface area contributed by atoms with Crippen LogP contribution in [0.4, 0.5) is 0 Å². The van der Waals surface area contributed by atoms with Gasteiger partial charge in [-0.05, 0) is 32.1 Å². The van der Waals surface area contributed by atoms with Gasteiger partial charge in [0.05, 0.1) is 25.4 Å². The largest absolute Gasteiger partial charge is 0.394 e. The smallest absolute Gasteiger partial charge is 0.220 e. The number of unbranched alkanes of at least 4 members (excludes halogenated alkanes) is 46. The van der Waals surface area contributed by atoms with E-state index in [9.17, 15) is 30.3 Å². The van der Waals surface area contributed by atoms with Gasteiger partial charge < -0.3 is 40.3 Å². The topological polar surface area (TPSA) is 149 Å². The number of rotatable bonds is 58. The highest BCUT2D eigenvalue weighted by atomic mass is 16.7. The lowest BCUT2D eigenvalue weighted by Crippen LogP contribution is -2.60. The predicted molar refractivity (Wildman–Crippen MR) is 318 cm³/mol. The molecule has 0 aliphatic carbocycles. The molecule has 9 heteroatoms. The van der Waals surface area contributed by atoms with Crippen LogP contribution in [-0.4, -0.2) is 87.5 Å². The van der Waals surface area contributed by atoms with E-state index in [1.807, 2.05) is 6.08 Å². The van der Waals surface area contributed by atoms with Crippen molar-refractivity contribution >= 4 is 5.91 Å². The molecule has 6 N–H and O–H groups in total. The number of amides is 1. The number of hydrogen-bond donors (Lipinski definition) is 6. The molecular formula is C66H127NO8. The van der Waals surface area contributed by atoms with Crippen molar-refractivity contribution < 1.29 is 39.8 Å². The second kappa shape index (κ2) is 56.0. The summed E-state index contributed by atoms with van der Waals surface area (Å²) in [5.74, 6) is -0.180. The summed E-state index contributed by atoms with van der Waals surface area (Å²) in [7, 11) is 0. The Morgan fingerprint density at radius 2 is 0.760 bits per heavy atom. The van der Waals surface area contributed by atoms with Crippen molar-refractivity contribution in [2.24, 2.45) is 0 Å². The lowest BCUT2D eigenvalue weighted by molar-refractivity contribution is -0.302. The van der Waals surface area contributed by atoms with Crippen LogP contribution < -0.4 is 5.32 Å². The van der Waals surface area contributed by atoms with Gasteiger partial charge in [0, 0.05) is 6.42 Å². The maximum atomic E-state index is 13.1. The molecule has 1 amide bonds. The van der Waals surface area contributed by atoms with Gasteiger partial charge in [0.1, 0.15) is 24.4 Å². The molecule has 0 aromatic carbocycles. The van der Waals surface area contributed by atoms with Crippen LogP contribution in [0.5, 0.6) is 0 Å². The Labute approximate surface area is 464 Å². The molecule has 9 nitrogen and oxygen atoms in total. The minimum atomic E-state index is -1.57. The van der Waals surface area contributed by atoms with Crippen LogP contribution in [0.25, 0.3) is 0 Å². The normalized spacial score (nSPS) is 18.9. The van der Waals surface area contributed by atoms with Crippen LogP contribution in [0.1, 0.15) is 335 Å². The highest BCUT2D eigenvalue weighted by Gasteiger charge is 2.44. The van der Waals surface area contributed by atoms with Crippen LogP contribution in [-0.2, 0) is 14.3 Å². The second-order valence-corrected chi connectivity index (χ2v) is 23.3. The molecular weight excluding hydrogens is 935 g/mol. The van der Waals surface area contributed by atoms with Crippen LogP contribution in [0.2, 0.25) is 0 Å². The number of allylic oxidation sites excluding steroid dienone is 3. The molecule has 0 bridgehead atoms. The number of carbonyl (C=O) groups is 1. The monoisotopic (exact) mass is 1060 g/mol. The van der Waals surface area contributed by atoms with Crippen molar-refractivity contribution in [2.75, 3.05) is 13.2 Å². The van der Waals surface area contributed by atoms with Crippen molar-refractivity contribution in [3.05, 3.63) is 24.3 Å². The number of carbonyl (C=O) groups excluding carboxylic acids is 1. The molecule has 1 aliphatic heterocycles. The van der Waals surface area contributed by atoms with Crippen LogP contribution in [0.15, 0.2) is 24.3 Å². The van der Waals surface area contributed by atoms with E-state index in [4.69, 9.17) is 9.47 Å². The molecule has 0 radical (unpaired) electrons. The predicted octanol–water partition coefficient (Wildman–Crippen LogP) is 17.3. The average molecular weight is 1060 g/mol. The minimum absolute atomic E-state index is 0.180. The zero-order chi connectivity index (χ0) is 54.3. The summed E-state index contributed by atoms with van der Waals surface area (Å²) in [5, 5.41) is 54.5. The van der Waals surface area contributed by atoms with Gasteiger partial charge in [-0.25, -0.2) is 0 Å². The van der Waals surface area contributed by atoms with E-state index in [0.29, 0.717) is 6.42 Å². The third-order valence-corrected chi connectivity index (χ3v) is 16.0. The van der Waals surface area contributed by atoms with Crippen molar-refractivity contribution in [1.82, 2.24) is 5.32 Å². The Morgan fingerprint density at radius 1 is 0.440 bits per heavy atom. The molecule has 1 fully saturated rings. The first kappa shape index (κ1) is 71.7. The fourth-order valence-electron chi connectivity index (χ4n) is 10.8. The third kappa shape index (κ3) is 45.1. The molecule has 0 aromatic rings. The van der Waals surface area contributed by atoms with Crippen molar-refractivity contribution in [2.45, 2.75) is 378 Å². The van der Waals surface area contributed by atoms with Crippen LogP contribution >= 0.6 is 0 Å². The van der Waals surface area contributed by atoms with Gasteiger partial charge in [0.15, 0.2) is 6.29 Å². The molecule has 444 valence electrons. The Balaban J connectivity index is 2.05. The molecule has 1 aliphatic rings. The first-order valence-electron chi connectivity index (χ1n) is 33.1. The molecule has 0 saturated carbocycles. The van der Waals surface area contributed by atoms with E-state index in [-0.39, 0.29) is 12.5 Å². The first-order valence-corrected chi connectivity index (χ1v) is 33.1. The van der Waals surface area contributed by atoms with E-state index >= 15 is 0 Å². The summed E-state index contributed by atoms with van der Waals surface area (Å²) < 4.78 is 11.3. The zero-order valence-corrected chi connectivity index (χ0v) is 49.6. The summed E-state index contributed by atoms with van der Waals surface area (Å²) in [6.07, 6.45) is 65.9. The fourth-order valence-corrected chi connectivity index (χ4v) is 10.8. The van der Waals surface area contributed by atoms with Crippen LogP contribution in [0.3, 0.4) is 0 Å². The minimum Gasteiger partial charge on any atom is -0.394 e. The molecule has 7 unspecified atom stereocenters. The quantitative estimate of drug-likeness (QED) is 0.0261. The number of hydrogen-bond acceptors (Lipinski definition) is 8. The standard InChI is InChI=1S/C66H127NO8/c1-3-5-7-9-11-13-15-17-19-20-21-22-23-24-25-26-27-28-29-30-31-32-33-34-35-36-37-38-39-40-42-44-46-48-50-52-54-56-62(70)67-59(58-74-66-65(73)64(72)63(71)61(57-68)75-66)60(69)55-53-51-49-47-45-43-41-18-16-14-12-10-8-6-4-2/h45,47,53,55,59-61,63-66,68-69,71-73H,3-44,46,48-52,54,56-58H2,1-2H3,(H,67,70)/b47-45+,55-53+. The maximum absolute atomic E-state index is 13.1. The van der Waals surface area contributed by atoms with Gasteiger partial charge in [0.2, 0.25) is 5.91 Å². The van der Waals surface area contributed by atoms with E-state index < -0.39 is 49.5 Å². The lowest BCUT2D eigenvalue weighted by Gasteiger charge is -2.40. The average Bonchev–Trinajstić information content (AvgIpc) is 3.41. The fraction of sp³-hybridized carbons (Fsp3) is 0.924. The molecule has 1 saturated heterocycles. The van der Waals surface area contributed by atoms with Gasteiger partial charge >= 0.3 is 0 Å². The Bertz CT molecular complexity index is 1230. The molecule has 1 rings (SSSR count). The van der Waals surface area contributed by atoms with Gasteiger partial charge in [-0.3, -0.25) is 4.79 Å². The summed E-state index contributed by atoms with van der Waals surface area (Å²) in [6.45, 7) is 3.80. The van der Waals surface area contributed by atoms with E-state index in [2.05, 4.69) is 31.3 Å². The van der Waals surface area contributed by atoms with Crippen molar-refractivity contribution in [3.8, 4) is 0 Å². The molecule has 7 atom stereocenters. The van der Waals surface area contributed by atoms with Gasteiger partial charge in [-0.15, -0.1) is 0 Å². The Morgan fingerprint density at radius 3 is 1.12 bits per heavy atom. The summed E-state index contributed by atoms with van der Waals surface area (Å²) in [5.41, 5.74) is 0. The molecule has 0 spiro atoms. The van der Waals surface area contributed by atoms with Gasteiger partial charge in [0.25, 0.3) is 0 Å². The number of ether oxygens (including phenoxy) is 2. The van der Waals surface area contributed by atoms with Gasteiger partial charge in [-0.2, -0.15) is 0 Å². The lowest BCUT2D eigenvalue weighted by atomic mass is 9.99. The number of aliphatic hydroxyl groups excluding tert-OH is 5. The van der Waals surface area contributed by atoms with Crippen molar-refractivity contribution in [3.63, 3.8) is 0 Å². The Hall–Kier alpha value is -1.33. The molecule has 1 heterocycles. The van der Waals surface area contributed by atoms with E-state index in [0.717, 1.165) is 38.5 Å². The number of nitrogens with one attached hydrogen (secondary N) is 1. The second-order valence-electron chi connectivity index (χ2n) is 23.3. The van der Waals surface area contributed by atoms with E-state index in [1.165, 1.54) is 276 Å². The molecule has 0 aromatic heterocycles. The summed E-state index contributed by atoms with van der Waals surface area (Å²) in [6, 6.07) is -0.818. The number of aliphatic hydroxyl groups is 5.